The van der Waals surface area contributed by atoms with Crippen LogP contribution >= 0.6 is 11.3 Å². The molecule has 96 valence electrons. The van der Waals surface area contributed by atoms with Crippen molar-refractivity contribution in [3.05, 3.63) is 5.01 Å². The number of anilines is 1. The van der Waals surface area contributed by atoms with E-state index >= 15 is 0 Å². The molecule has 1 unspecified atom stereocenters. The van der Waals surface area contributed by atoms with Crippen LogP contribution in [0.5, 0.6) is 0 Å². The fraction of sp³-hybridized carbons (Fsp3) is 0.727. The molecule has 6 heteroatoms. The Morgan fingerprint density at radius 2 is 2.18 bits per heavy atom. The average molecular weight is 256 g/mol. The molecule has 5 nitrogen and oxygen atoms in total. The van der Waals surface area contributed by atoms with Gasteiger partial charge in [-0.05, 0) is 19.8 Å². The molecule has 0 aliphatic heterocycles. The number of nitrogens with two attached hydrogens (primary N) is 1. The van der Waals surface area contributed by atoms with Gasteiger partial charge in [0.05, 0.1) is 0 Å². The van der Waals surface area contributed by atoms with Gasteiger partial charge in [0.25, 0.3) is 5.91 Å². The summed E-state index contributed by atoms with van der Waals surface area (Å²) in [4.78, 5) is 14.1. The number of hydrogen-bond donors (Lipinski definition) is 1. The van der Waals surface area contributed by atoms with E-state index in [4.69, 9.17) is 5.73 Å². The summed E-state index contributed by atoms with van der Waals surface area (Å²) in [5.41, 5.74) is 5.50. The summed E-state index contributed by atoms with van der Waals surface area (Å²) in [6.07, 6.45) is 3.01. The van der Waals surface area contributed by atoms with Crippen LogP contribution in [0.3, 0.4) is 0 Å². The number of aromatic nitrogens is 2. The van der Waals surface area contributed by atoms with Gasteiger partial charge in [-0.25, -0.2) is 0 Å². The summed E-state index contributed by atoms with van der Waals surface area (Å²) in [6, 6.07) is 0.221. The van der Waals surface area contributed by atoms with Gasteiger partial charge < -0.3 is 10.6 Å². The molecular weight excluding hydrogens is 236 g/mol. The Balaban J connectivity index is 2.78. The molecule has 1 rings (SSSR count). The van der Waals surface area contributed by atoms with Crippen molar-refractivity contribution in [3.8, 4) is 0 Å². The highest BCUT2D eigenvalue weighted by atomic mass is 32.1. The van der Waals surface area contributed by atoms with E-state index in [2.05, 4.69) is 31.0 Å². The van der Waals surface area contributed by atoms with Crippen LogP contribution in [0.4, 0.5) is 5.13 Å². The molecule has 0 aromatic carbocycles. The molecule has 0 fully saturated rings. The predicted octanol–water partition coefficient (Wildman–Crippen LogP) is 2.16. The van der Waals surface area contributed by atoms with Gasteiger partial charge >= 0.3 is 0 Å². The van der Waals surface area contributed by atoms with Gasteiger partial charge in [-0.2, -0.15) is 0 Å². The Bertz CT molecular complexity index is 366. The van der Waals surface area contributed by atoms with Crippen molar-refractivity contribution in [2.75, 3.05) is 12.3 Å². The van der Waals surface area contributed by atoms with Crippen molar-refractivity contribution in [2.24, 2.45) is 0 Å². The molecule has 1 aromatic rings. The van der Waals surface area contributed by atoms with Crippen molar-refractivity contribution >= 4 is 22.4 Å². The molecule has 1 amide bonds. The van der Waals surface area contributed by atoms with Crippen molar-refractivity contribution in [1.29, 1.82) is 0 Å². The number of carbonyl (C=O) groups is 1. The quantitative estimate of drug-likeness (QED) is 0.846. The Morgan fingerprint density at radius 3 is 2.65 bits per heavy atom. The molecule has 0 spiro atoms. The van der Waals surface area contributed by atoms with Crippen LogP contribution in [0.25, 0.3) is 0 Å². The lowest BCUT2D eigenvalue weighted by Crippen LogP contribution is -2.39. The first-order valence-corrected chi connectivity index (χ1v) is 6.81. The van der Waals surface area contributed by atoms with Gasteiger partial charge in [0, 0.05) is 12.6 Å². The zero-order chi connectivity index (χ0) is 12.8. The van der Waals surface area contributed by atoms with Gasteiger partial charge in [0.15, 0.2) is 0 Å². The number of nitrogen functional groups attached to an aromatic ring is 1. The number of rotatable bonds is 6. The fourth-order valence-corrected chi connectivity index (χ4v) is 2.08. The monoisotopic (exact) mass is 256 g/mol. The van der Waals surface area contributed by atoms with Crippen LogP contribution in [0.1, 0.15) is 49.8 Å². The van der Waals surface area contributed by atoms with Crippen LogP contribution < -0.4 is 5.73 Å². The van der Waals surface area contributed by atoms with Crippen molar-refractivity contribution in [1.82, 2.24) is 15.1 Å². The second-order valence-corrected chi connectivity index (χ2v) is 5.06. The minimum Gasteiger partial charge on any atom is -0.374 e. The molecule has 0 saturated heterocycles. The summed E-state index contributed by atoms with van der Waals surface area (Å²) in [5, 5.41) is 8.23. The van der Waals surface area contributed by atoms with E-state index < -0.39 is 0 Å². The topological polar surface area (TPSA) is 72.1 Å². The summed E-state index contributed by atoms with van der Waals surface area (Å²) in [6.45, 7) is 7.01. The molecule has 2 N–H and O–H groups in total. The highest BCUT2D eigenvalue weighted by Gasteiger charge is 2.22. The zero-order valence-electron chi connectivity index (χ0n) is 10.6. The third kappa shape index (κ3) is 3.66. The lowest BCUT2D eigenvalue weighted by atomic mass is 10.2. The minimum atomic E-state index is -0.0537. The lowest BCUT2D eigenvalue weighted by Gasteiger charge is -2.27. The van der Waals surface area contributed by atoms with Gasteiger partial charge in [-0.3, -0.25) is 4.79 Å². The first-order valence-electron chi connectivity index (χ1n) is 6.00. The largest absolute Gasteiger partial charge is 0.374 e. The number of unbranched alkanes of at least 4 members (excludes halogenated alkanes) is 1. The SMILES string of the molecule is CCCCN(C(=O)c1nnc(N)s1)C(C)CC. The fourth-order valence-electron chi connectivity index (χ4n) is 1.51. The number of nitrogens with zero attached hydrogens (tertiary/aromatic N) is 3. The first-order chi connectivity index (χ1) is 8.10. The average Bonchev–Trinajstić information content (AvgIpc) is 2.75. The van der Waals surface area contributed by atoms with Crippen LogP contribution in [0.15, 0.2) is 0 Å². The van der Waals surface area contributed by atoms with Gasteiger partial charge in [0.2, 0.25) is 10.1 Å². The van der Waals surface area contributed by atoms with E-state index in [0.29, 0.717) is 10.1 Å². The molecule has 1 atom stereocenters. The molecule has 1 heterocycles. The van der Waals surface area contributed by atoms with Crippen LogP contribution in [-0.4, -0.2) is 33.6 Å². The Labute approximate surface area is 106 Å². The van der Waals surface area contributed by atoms with Crippen molar-refractivity contribution in [2.45, 2.75) is 46.1 Å². The van der Waals surface area contributed by atoms with Crippen LogP contribution in [-0.2, 0) is 0 Å². The summed E-state index contributed by atoms with van der Waals surface area (Å²) in [7, 11) is 0. The van der Waals surface area contributed by atoms with E-state index in [-0.39, 0.29) is 11.9 Å². The molecule has 0 aliphatic rings. The smallest absolute Gasteiger partial charge is 0.285 e. The number of carbonyl (C=O) groups excluding carboxylic acids is 1. The molecule has 0 saturated carbocycles. The third-order valence-corrected chi connectivity index (χ3v) is 3.50. The van der Waals surface area contributed by atoms with Crippen LogP contribution in [0.2, 0.25) is 0 Å². The lowest BCUT2D eigenvalue weighted by molar-refractivity contribution is 0.0684. The Hall–Kier alpha value is -1.17. The molecule has 17 heavy (non-hydrogen) atoms. The van der Waals surface area contributed by atoms with Gasteiger partial charge in [-0.1, -0.05) is 31.6 Å². The van der Waals surface area contributed by atoms with E-state index in [1.165, 1.54) is 0 Å². The summed E-state index contributed by atoms with van der Waals surface area (Å²) in [5.74, 6) is -0.0537. The maximum absolute atomic E-state index is 12.2. The van der Waals surface area contributed by atoms with E-state index in [1.807, 2.05) is 4.90 Å². The van der Waals surface area contributed by atoms with Gasteiger partial charge in [0.1, 0.15) is 0 Å². The summed E-state index contributed by atoms with van der Waals surface area (Å²) >= 11 is 1.15. The minimum absolute atomic E-state index is 0.0537. The Kier molecular flexibility index (Phi) is 5.34. The van der Waals surface area contributed by atoms with E-state index in [9.17, 15) is 4.79 Å². The maximum atomic E-state index is 12.2. The Morgan fingerprint density at radius 1 is 1.47 bits per heavy atom. The number of hydrogen-bond acceptors (Lipinski definition) is 5. The second kappa shape index (κ2) is 6.54. The van der Waals surface area contributed by atoms with Crippen molar-refractivity contribution < 1.29 is 4.79 Å². The molecule has 0 radical (unpaired) electrons. The third-order valence-electron chi connectivity index (χ3n) is 2.76. The first kappa shape index (κ1) is 13.9. The summed E-state index contributed by atoms with van der Waals surface area (Å²) < 4.78 is 0. The molecule has 0 aliphatic carbocycles. The molecule has 0 bridgehead atoms. The molecular formula is C11H20N4OS. The second-order valence-electron chi connectivity index (χ2n) is 4.05. The number of amides is 1. The maximum Gasteiger partial charge on any atom is 0.285 e. The highest BCUT2D eigenvalue weighted by molar-refractivity contribution is 7.16. The zero-order valence-corrected chi connectivity index (χ0v) is 11.5. The van der Waals surface area contributed by atoms with Crippen LogP contribution in [0, 0.1) is 0 Å². The molecule has 1 aromatic heterocycles. The normalized spacial score (nSPS) is 12.4. The van der Waals surface area contributed by atoms with Gasteiger partial charge in [-0.15, -0.1) is 10.2 Å². The van der Waals surface area contributed by atoms with E-state index in [0.717, 1.165) is 37.1 Å². The predicted molar refractivity (Wildman–Crippen MR) is 70.0 cm³/mol. The highest BCUT2D eigenvalue weighted by Crippen LogP contribution is 2.16. The van der Waals surface area contributed by atoms with Crippen molar-refractivity contribution in [3.63, 3.8) is 0 Å². The standard InChI is InChI=1S/C11H20N4OS/c1-4-6-7-15(8(3)5-2)10(16)9-13-14-11(12)17-9/h8H,4-7H2,1-3H3,(H2,12,14). The van der Waals surface area contributed by atoms with E-state index in [1.54, 1.807) is 0 Å².